The molecule has 3 aromatic rings. The lowest BCUT2D eigenvalue weighted by Crippen LogP contribution is -2.26. The van der Waals surface area contributed by atoms with E-state index in [0.29, 0.717) is 19.8 Å². The maximum Gasteiger partial charge on any atom is 0.244 e. The molecule has 0 aliphatic carbocycles. The van der Waals surface area contributed by atoms with E-state index < -0.39 is 0 Å². The van der Waals surface area contributed by atoms with Crippen LogP contribution in [0.3, 0.4) is 0 Å². The summed E-state index contributed by atoms with van der Waals surface area (Å²) >= 11 is 1.61. The number of ether oxygens (including phenoxy) is 2. The highest BCUT2D eigenvalue weighted by Crippen LogP contribution is 2.16. The molecule has 1 aromatic heterocycles. The van der Waals surface area contributed by atoms with Crippen LogP contribution in [-0.4, -0.2) is 24.0 Å². The molecule has 1 amide bonds. The molecule has 3 rings (SSSR count). The molecule has 0 fully saturated rings. The maximum absolute atomic E-state index is 11.9. The predicted octanol–water partition coefficient (Wildman–Crippen LogP) is 4.55. The van der Waals surface area contributed by atoms with Crippen LogP contribution in [0.5, 0.6) is 11.5 Å². The number of nitrogens with zero attached hydrogens (tertiary/aromatic N) is 1. The van der Waals surface area contributed by atoms with Gasteiger partial charge in [-0.2, -0.15) is 0 Å². The molecular weight excluding hydrogens is 384 g/mol. The molecule has 5 nitrogen and oxygen atoms in total. The Morgan fingerprint density at radius 1 is 1.03 bits per heavy atom. The fourth-order valence-electron chi connectivity index (χ4n) is 2.52. The van der Waals surface area contributed by atoms with E-state index in [4.69, 9.17) is 9.47 Å². The van der Waals surface area contributed by atoms with Gasteiger partial charge in [0.15, 0.2) is 0 Å². The lowest BCUT2D eigenvalue weighted by Gasteiger charge is -2.07. The van der Waals surface area contributed by atoms with Crippen molar-refractivity contribution in [1.29, 1.82) is 0 Å². The number of carbonyl (C=O) groups is 1. The highest BCUT2D eigenvalue weighted by atomic mass is 32.1. The van der Waals surface area contributed by atoms with Gasteiger partial charge in [-0.1, -0.05) is 29.8 Å². The summed E-state index contributed by atoms with van der Waals surface area (Å²) in [6.07, 6.45) is 3.28. The van der Waals surface area contributed by atoms with E-state index in [9.17, 15) is 4.79 Å². The molecule has 1 N–H and O–H groups in total. The zero-order chi connectivity index (χ0) is 20.5. The van der Waals surface area contributed by atoms with Crippen molar-refractivity contribution in [2.24, 2.45) is 0 Å². The number of benzene rings is 2. The van der Waals surface area contributed by atoms with Crippen LogP contribution in [0.4, 0.5) is 0 Å². The van der Waals surface area contributed by atoms with Crippen LogP contribution in [0.1, 0.15) is 21.8 Å². The second kappa shape index (κ2) is 10.4. The Morgan fingerprint density at radius 3 is 2.41 bits per heavy atom. The summed E-state index contributed by atoms with van der Waals surface area (Å²) in [7, 11) is 0. The van der Waals surface area contributed by atoms with Gasteiger partial charge in [0.2, 0.25) is 5.91 Å². The van der Waals surface area contributed by atoms with Gasteiger partial charge in [0.1, 0.15) is 24.7 Å². The van der Waals surface area contributed by atoms with Crippen LogP contribution in [0.25, 0.3) is 6.08 Å². The minimum Gasteiger partial charge on any atom is -0.492 e. The number of carbonyl (C=O) groups excluding carboxylic acids is 1. The Bertz CT molecular complexity index is 947. The van der Waals surface area contributed by atoms with Crippen LogP contribution >= 0.6 is 11.3 Å². The zero-order valence-corrected chi connectivity index (χ0v) is 17.4. The molecule has 0 atom stereocenters. The highest BCUT2D eigenvalue weighted by Gasteiger charge is 2.01. The largest absolute Gasteiger partial charge is 0.492 e. The van der Waals surface area contributed by atoms with Crippen LogP contribution in [0, 0.1) is 13.8 Å². The summed E-state index contributed by atoms with van der Waals surface area (Å²) in [4.78, 5) is 16.3. The van der Waals surface area contributed by atoms with E-state index in [1.54, 1.807) is 17.4 Å². The number of aromatic nitrogens is 1. The van der Waals surface area contributed by atoms with Crippen LogP contribution in [-0.2, 0) is 11.4 Å². The average molecular weight is 409 g/mol. The Labute approximate surface area is 175 Å². The third kappa shape index (κ3) is 7.08. The van der Waals surface area contributed by atoms with E-state index in [2.05, 4.69) is 10.3 Å². The quantitative estimate of drug-likeness (QED) is 0.417. The lowest BCUT2D eigenvalue weighted by atomic mass is 10.2. The number of hydrogen-bond acceptors (Lipinski definition) is 5. The van der Waals surface area contributed by atoms with Crippen LogP contribution < -0.4 is 14.8 Å². The summed E-state index contributed by atoms with van der Waals surface area (Å²) in [5, 5.41) is 5.83. The Hall–Kier alpha value is -3.12. The van der Waals surface area contributed by atoms with E-state index in [0.717, 1.165) is 27.8 Å². The number of aryl methyl sites for hydroxylation is 2. The summed E-state index contributed by atoms with van der Waals surface area (Å²) in [5.74, 6) is 1.41. The van der Waals surface area contributed by atoms with Gasteiger partial charge in [-0.15, -0.1) is 11.3 Å². The van der Waals surface area contributed by atoms with Gasteiger partial charge in [0.25, 0.3) is 0 Å². The second-order valence-corrected chi connectivity index (χ2v) is 7.56. The monoisotopic (exact) mass is 408 g/mol. The minimum absolute atomic E-state index is 0.156. The van der Waals surface area contributed by atoms with Gasteiger partial charge in [-0.05, 0) is 49.8 Å². The van der Waals surface area contributed by atoms with Gasteiger partial charge in [-0.25, -0.2) is 4.98 Å². The molecule has 150 valence electrons. The van der Waals surface area contributed by atoms with Gasteiger partial charge >= 0.3 is 0 Å². The molecule has 0 saturated heterocycles. The standard InChI is InChI=1S/C23H24N2O3S/c1-17-3-8-21(9-4-17)27-14-13-24-23(26)12-7-19-5-10-22(11-6-19)28-15-20-16-29-18(2)25-20/h3-12,16H,13-15H2,1-2H3,(H,24,26)/b12-7+. The SMILES string of the molecule is Cc1ccc(OCCNC(=O)/C=C/c2ccc(OCc3csc(C)n3)cc2)cc1. The second-order valence-electron chi connectivity index (χ2n) is 6.50. The highest BCUT2D eigenvalue weighted by molar-refractivity contribution is 7.09. The molecule has 29 heavy (non-hydrogen) atoms. The van der Waals surface area contributed by atoms with Gasteiger partial charge < -0.3 is 14.8 Å². The molecule has 0 saturated carbocycles. The van der Waals surface area contributed by atoms with Crippen LogP contribution in [0.15, 0.2) is 60.0 Å². The molecule has 6 heteroatoms. The van der Waals surface area contributed by atoms with Gasteiger partial charge in [-0.3, -0.25) is 4.79 Å². The molecule has 0 aliphatic rings. The molecular formula is C23H24N2O3S. The zero-order valence-electron chi connectivity index (χ0n) is 16.6. The van der Waals surface area contributed by atoms with Gasteiger partial charge in [0.05, 0.1) is 17.2 Å². The topological polar surface area (TPSA) is 60.5 Å². The van der Waals surface area contributed by atoms with Gasteiger partial charge in [0, 0.05) is 11.5 Å². The molecule has 0 spiro atoms. The normalized spacial score (nSPS) is 10.8. The smallest absolute Gasteiger partial charge is 0.244 e. The maximum atomic E-state index is 11.9. The fourth-order valence-corrected chi connectivity index (χ4v) is 3.11. The van der Waals surface area contributed by atoms with Crippen LogP contribution in [0.2, 0.25) is 0 Å². The van der Waals surface area contributed by atoms with Crippen molar-refractivity contribution in [1.82, 2.24) is 10.3 Å². The number of amides is 1. The predicted molar refractivity (Wildman–Crippen MR) is 116 cm³/mol. The van der Waals surface area contributed by atoms with Crippen molar-refractivity contribution in [3.8, 4) is 11.5 Å². The molecule has 0 unspecified atom stereocenters. The van der Waals surface area contributed by atoms with Crippen molar-refractivity contribution >= 4 is 23.3 Å². The summed E-state index contributed by atoms with van der Waals surface area (Å²) in [6, 6.07) is 15.4. The first-order chi connectivity index (χ1) is 14.1. The number of nitrogens with one attached hydrogen (secondary N) is 1. The number of thiazole rings is 1. The minimum atomic E-state index is -0.156. The lowest BCUT2D eigenvalue weighted by molar-refractivity contribution is -0.116. The van der Waals surface area contributed by atoms with Crippen molar-refractivity contribution in [3.63, 3.8) is 0 Å². The number of rotatable bonds is 9. The van der Waals surface area contributed by atoms with E-state index in [-0.39, 0.29) is 5.91 Å². The summed E-state index contributed by atoms with van der Waals surface area (Å²) < 4.78 is 11.3. The third-order valence-corrected chi connectivity index (χ3v) is 4.87. The van der Waals surface area contributed by atoms with E-state index >= 15 is 0 Å². The first-order valence-electron chi connectivity index (χ1n) is 9.38. The van der Waals surface area contributed by atoms with Crippen molar-refractivity contribution in [3.05, 3.63) is 81.8 Å². The summed E-state index contributed by atoms with van der Waals surface area (Å²) in [5.41, 5.74) is 3.04. The van der Waals surface area contributed by atoms with Crippen molar-refractivity contribution in [2.45, 2.75) is 20.5 Å². The molecule has 0 bridgehead atoms. The van der Waals surface area contributed by atoms with E-state index in [1.165, 1.54) is 11.6 Å². The fraction of sp³-hybridized carbons (Fsp3) is 0.217. The van der Waals surface area contributed by atoms with Crippen molar-refractivity contribution < 1.29 is 14.3 Å². The Morgan fingerprint density at radius 2 is 1.72 bits per heavy atom. The number of hydrogen-bond donors (Lipinski definition) is 1. The molecule has 0 radical (unpaired) electrons. The van der Waals surface area contributed by atoms with E-state index in [1.807, 2.05) is 67.8 Å². The summed E-state index contributed by atoms with van der Waals surface area (Å²) in [6.45, 7) is 5.32. The first kappa shape index (κ1) is 20.6. The molecule has 2 aromatic carbocycles. The molecule has 1 heterocycles. The first-order valence-corrected chi connectivity index (χ1v) is 10.3. The molecule has 0 aliphatic heterocycles. The Kier molecular flexibility index (Phi) is 7.41. The Balaban J connectivity index is 1.37. The van der Waals surface area contributed by atoms with Crippen molar-refractivity contribution in [2.75, 3.05) is 13.2 Å². The average Bonchev–Trinajstić information content (AvgIpc) is 3.15. The third-order valence-electron chi connectivity index (χ3n) is 4.05.